The van der Waals surface area contributed by atoms with Gasteiger partial charge in [0.1, 0.15) is 5.75 Å². The SMILES string of the molecule is CNC(=O)c1cc(Br)c2ccccc2c1O. The summed E-state index contributed by atoms with van der Waals surface area (Å²) in [5, 5.41) is 14.0. The van der Waals surface area contributed by atoms with Crippen molar-refractivity contribution < 1.29 is 9.90 Å². The van der Waals surface area contributed by atoms with Crippen molar-refractivity contribution in [1.29, 1.82) is 0 Å². The predicted molar refractivity (Wildman–Crippen MR) is 66.7 cm³/mol. The number of halogens is 1. The van der Waals surface area contributed by atoms with Crippen LogP contribution in [-0.2, 0) is 0 Å². The minimum absolute atomic E-state index is 0.0122. The van der Waals surface area contributed by atoms with Crippen LogP contribution in [0.25, 0.3) is 10.8 Å². The lowest BCUT2D eigenvalue weighted by molar-refractivity contribution is 0.0960. The van der Waals surface area contributed by atoms with Crippen LogP contribution in [0.5, 0.6) is 5.75 Å². The van der Waals surface area contributed by atoms with Crippen molar-refractivity contribution in [3.63, 3.8) is 0 Å². The summed E-state index contributed by atoms with van der Waals surface area (Å²) >= 11 is 3.39. The van der Waals surface area contributed by atoms with Gasteiger partial charge in [0.2, 0.25) is 0 Å². The third-order valence-corrected chi connectivity index (χ3v) is 3.09. The molecule has 0 atom stereocenters. The Labute approximate surface area is 101 Å². The molecule has 0 aliphatic carbocycles. The summed E-state index contributed by atoms with van der Waals surface area (Å²) in [6.45, 7) is 0. The van der Waals surface area contributed by atoms with E-state index in [4.69, 9.17) is 0 Å². The third kappa shape index (κ3) is 1.65. The lowest BCUT2D eigenvalue weighted by atomic mass is 10.0. The van der Waals surface area contributed by atoms with Crippen LogP contribution in [0.2, 0.25) is 0 Å². The molecule has 0 saturated carbocycles. The maximum Gasteiger partial charge on any atom is 0.254 e. The van der Waals surface area contributed by atoms with Gasteiger partial charge >= 0.3 is 0 Å². The van der Waals surface area contributed by atoms with Crippen molar-refractivity contribution in [3.8, 4) is 5.75 Å². The molecule has 2 N–H and O–H groups in total. The highest BCUT2D eigenvalue weighted by atomic mass is 79.9. The van der Waals surface area contributed by atoms with Crippen LogP contribution in [0.1, 0.15) is 10.4 Å². The molecule has 0 radical (unpaired) electrons. The second-order valence-electron chi connectivity index (χ2n) is 3.38. The van der Waals surface area contributed by atoms with Crippen LogP contribution < -0.4 is 5.32 Å². The van der Waals surface area contributed by atoms with Gasteiger partial charge in [-0.25, -0.2) is 0 Å². The van der Waals surface area contributed by atoms with Crippen LogP contribution >= 0.6 is 15.9 Å². The zero-order valence-electron chi connectivity index (χ0n) is 8.62. The van der Waals surface area contributed by atoms with E-state index in [-0.39, 0.29) is 17.2 Å². The third-order valence-electron chi connectivity index (χ3n) is 2.44. The number of carbonyl (C=O) groups is 1. The first kappa shape index (κ1) is 11.0. The van der Waals surface area contributed by atoms with Crippen molar-refractivity contribution in [2.45, 2.75) is 0 Å². The molecule has 2 aromatic rings. The van der Waals surface area contributed by atoms with Gasteiger partial charge in [-0.1, -0.05) is 40.2 Å². The number of hydrogen-bond donors (Lipinski definition) is 2. The highest BCUT2D eigenvalue weighted by Crippen LogP contribution is 2.34. The fraction of sp³-hybridized carbons (Fsp3) is 0.0833. The summed E-state index contributed by atoms with van der Waals surface area (Å²) in [5.41, 5.74) is 0.271. The number of rotatable bonds is 1. The second-order valence-corrected chi connectivity index (χ2v) is 4.23. The number of fused-ring (bicyclic) bond motifs is 1. The summed E-state index contributed by atoms with van der Waals surface area (Å²) in [7, 11) is 1.53. The summed E-state index contributed by atoms with van der Waals surface area (Å²) in [6.07, 6.45) is 0. The van der Waals surface area contributed by atoms with Gasteiger partial charge in [0.05, 0.1) is 5.56 Å². The number of carbonyl (C=O) groups excluding carboxylic acids is 1. The Morgan fingerprint density at radius 2 is 1.94 bits per heavy atom. The van der Waals surface area contributed by atoms with E-state index in [0.29, 0.717) is 5.39 Å². The fourth-order valence-electron chi connectivity index (χ4n) is 1.62. The molecule has 0 aromatic heterocycles. The second kappa shape index (κ2) is 4.14. The van der Waals surface area contributed by atoms with Gasteiger partial charge in [0.15, 0.2) is 0 Å². The highest BCUT2D eigenvalue weighted by molar-refractivity contribution is 9.10. The molecule has 0 fully saturated rings. The number of aromatic hydroxyl groups is 1. The molecule has 2 aromatic carbocycles. The molecule has 1 amide bonds. The molecule has 0 saturated heterocycles. The van der Waals surface area contributed by atoms with Crippen molar-refractivity contribution >= 4 is 32.6 Å². The van der Waals surface area contributed by atoms with E-state index in [1.807, 2.05) is 18.2 Å². The summed E-state index contributed by atoms with van der Waals surface area (Å²) < 4.78 is 0.791. The minimum atomic E-state index is -0.302. The summed E-state index contributed by atoms with van der Waals surface area (Å²) in [4.78, 5) is 11.5. The van der Waals surface area contributed by atoms with E-state index >= 15 is 0 Å². The highest BCUT2D eigenvalue weighted by Gasteiger charge is 2.14. The molecule has 0 aliphatic heterocycles. The molecule has 0 spiro atoms. The molecule has 3 nitrogen and oxygen atoms in total. The quantitative estimate of drug-likeness (QED) is 0.843. The van der Waals surface area contributed by atoms with Gasteiger partial charge < -0.3 is 10.4 Å². The number of phenols is 1. The van der Waals surface area contributed by atoms with E-state index in [2.05, 4.69) is 21.2 Å². The average molecular weight is 280 g/mol. The molecule has 16 heavy (non-hydrogen) atoms. The molecule has 82 valence electrons. The normalized spacial score (nSPS) is 10.4. The lowest BCUT2D eigenvalue weighted by Gasteiger charge is -2.08. The van der Waals surface area contributed by atoms with Crippen molar-refractivity contribution in [3.05, 3.63) is 40.4 Å². The number of hydrogen-bond acceptors (Lipinski definition) is 2. The van der Waals surface area contributed by atoms with Crippen LogP contribution in [0, 0.1) is 0 Å². The van der Waals surface area contributed by atoms with Crippen LogP contribution in [0.4, 0.5) is 0 Å². The van der Waals surface area contributed by atoms with E-state index in [1.54, 1.807) is 12.1 Å². The van der Waals surface area contributed by atoms with Gasteiger partial charge in [0.25, 0.3) is 5.91 Å². The van der Waals surface area contributed by atoms with Crippen LogP contribution in [-0.4, -0.2) is 18.1 Å². The average Bonchev–Trinajstić information content (AvgIpc) is 2.33. The van der Waals surface area contributed by atoms with Crippen LogP contribution in [0.15, 0.2) is 34.8 Å². The topological polar surface area (TPSA) is 49.3 Å². The summed E-state index contributed by atoms with van der Waals surface area (Å²) in [6, 6.07) is 8.99. The number of phenolic OH excluding ortho intramolecular Hbond substituents is 1. The Morgan fingerprint density at radius 3 is 2.56 bits per heavy atom. The largest absolute Gasteiger partial charge is 0.506 e. The molecule has 2 rings (SSSR count). The zero-order valence-corrected chi connectivity index (χ0v) is 10.2. The van der Waals surface area contributed by atoms with E-state index in [1.165, 1.54) is 7.05 Å². The lowest BCUT2D eigenvalue weighted by Crippen LogP contribution is -2.17. The first-order chi connectivity index (χ1) is 7.65. The Kier molecular flexibility index (Phi) is 2.83. The number of benzene rings is 2. The predicted octanol–water partition coefficient (Wildman–Crippen LogP) is 2.67. The summed E-state index contributed by atoms with van der Waals surface area (Å²) in [5.74, 6) is -0.290. The first-order valence-electron chi connectivity index (χ1n) is 4.77. The van der Waals surface area contributed by atoms with Crippen molar-refractivity contribution in [2.75, 3.05) is 7.05 Å². The van der Waals surface area contributed by atoms with Gasteiger partial charge in [-0.3, -0.25) is 4.79 Å². The van der Waals surface area contributed by atoms with E-state index < -0.39 is 0 Å². The standard InChI is InChI=1S/C12H10BrNO2/c1-14-12(16)9-6-10(13)7-4-2-3-5-8(7)11(9)15/h2-6,15H,1H3,(H,14,16). The molecular formula is C12H10BrNO2. The maximum atomic E-state index is 11.5. The Morgan fingerprint density at radius 1 is 1.31 bits per heavy atom. The Hall–Kier alpha value is -1.55. The van der Waals surface area contributed by atoms with Gasteiger partial charge in [-0.15, -0.1) is 0 Å². The molecule has 0 unspecified atom stereocenters. The first-order valence-corrected chi connectivity index (χ1v) is 5.56. The van der Waals surface area contributed by atoms with Crippen molar-refractivity contribution in [1.82, 2.24) is 5.32 Å². The van der Waals surface area contributed by atoms with Gasteiger partial charge in [-0.2, -0.15) is 0 Å². The number of amides is 1. The molecule has 4 heteroatoms. The Balaban J connectivity index is 2.80. The van der Waals surface area contributed by atoms with Gasteiger partial charge in [-0.05, 0) is 11.5 Å². The monoisotopic (exact) mass is 279 g/mol. The number of nitrogens with one attached hydrogen (secondary N) is 1. The molecule has 0 bridgehead atoms. The minimum Gasteiger partial charge on any atom is -0.506 e. The van der Waals surface area contributed by atoms with E-state index in [0.717, 1.165) is 9.86 Å². The van der Waals surface area contributed by atoms with Crippen LogP contribution in [0.3, 0.4) is 0 Å². The Bertz CT molecular complexity index is 566. The van der Waals surface area contributed by atoms with Crippen molar-refractivity contribution in [2.24, 2.45) is 0 Å². The molecular weight excluding hydrogens is 270 g/mol. The van der Waals surface area contributed by atoms with E-state index in [9.17, 15) is 9.90 Å². The molecule has 0 heterocycles. The fourth-order valence-corrected chi connectivity index (χ4v) is 2.20. The zero-order chi connectivity index (χ0) is 11.7. The maximum absolute atomic E-state index is 11.5. The molecule has 0 aliphatic rings. The smallest absolute Gasteiger partial charge is 0.254 e. The van der Waals surface area contributed by atoms with Gasteiger partial charge in [0, 0.05) is 16.9 Å².